The zero-order valence-electron chi connectivity index (χ0n) is 18.5. The molecule has 1 aromatic heterocycles. The first-order chi connectivity index (χ1) is 15.8. The molecule has 1 saturated heterocycles. The van der Waals surface area contributed by atoms with Gasteiger partial charge in [0.2, 0.25) is 15.9 Å². The predicted octanol–water partition coefficient (Wildman–Crippen LogP) is 2.61. The van der Waals surface area contributed by atoms with Crippen LogP contribution < -0.4 is 15.7 Å². The van der Waals surface area contributed by atoms with Crippen LogP contribution in [0.3, 0.4) is 0 Å². The van der Waals surface area contributed by atoms with Crippen LogP contribution in [0.1, 0.15) is 26.2 Å². The number of hydrogen-bond acceptors (Lipinski definition) is 6. The fraction of sp³-hybridized carbons (Fsp3) is 0.348. The number of rotatable bonds is 6. The number of fused-ring (bicyclic) bond motifs is 1. The van der Waals surface area contributed by atoms with Gasteiger partial charge in [0, 0.05) is 35.9 Å². The van der Waals surface area contributed by atoms with E-state index in [0.717, 1.165) is 19.3 Å². The summed E-state index contributed by atoms with van der Waals surface area (Å²) in [5, 5.41) is 3.20. The van der Waals surface area contributed by atoms with Crippen LogP contribution in [0, 0.1) is 0 Å². The Morgan fingerprint density at radius 2 is 2.03 bits per heavy atom. The third-order valence-electron chi connectivity index (χ3n) is 5.84. The van der Waals surface area contributed by atoms with Gasteiger partial charge in [-0.25, -0.2) is 18.2 Å². The van der Waals surface area contributed by atoms with Crippen molar-refractivity contribution in [3.05, 3.63) is 59.1 Å². The second kappa shape index (κ2) is 9.32. The molecule has 0 unspecified atom stereocenters. The lowest BCUT2D eigenvalue weighted by atomic mass is 10.1. The minimum absolute atomic E-state index is 0.0631. The van der Waals surface area contributed by atoms with E-state index in [9.17, 15) is 18.0 Å². The molecule has 2 aromatic carbocycles. The third kappa shape index (κ3) is 4.76. The molecule has 4 rings (SSSR count). The first kappa shape index (κ1) is 22.9. The average molecular weight is 471 g/mol. The number of hydrogen-bond donors (Lipinski definition) is 1. The van der Waals surface area contributed by atoms with Crippen LogP contribution in [0.4, 0.5) is 5.69 Å². The topological polar surface area (TPSA) is 111 Å². The largest absolute Gasteiger partial charge is 0.497 e. The van der Waals surface area contributed by atoms with Gasteiger partial charge >= 0.3 is 5.69 Å². The lowest BCUT2D eigenvalue weighted by molar-refractivity contribution is -0.116. The number of amides is 1. The van der Waals surface area contributed by atoms with Crippen molar-refractivity contribution in [2.45, 2.75) is 43.7 Å². The first-order valence-corrected chi connectivity index (χ1v) is 12.2. The molecule has 1 fully saturated rings. The van der Waals surface area contributed by atoms with Crippen LogP contribution in [0.5, 0.6) is 5.75 Å². The number of ether oxygens (including phenoxy) is 1. The Hall–Kier alpha value is -3.24. The molecular weight excluding hydrogens is 444 g/mol. The minimum atomic E-state index is -3.67. The lowest BCUT2D eigenvalue weighted by Gasteiger charge is -2.32. The fourth-order valence-corrected chi connectivity index (χ4v) is 5.84. The summed E-state index contributed by atoms with van der Waals surface area (Å²) in [5.41, 5.74) is 0.370. The van der Waals surface area contributed by atoms with Gasteiger partial charge in [-0.05, 0) is 50.1 Å². The van der Waals surface area contributed by atoms with Gasteiger partial charge in [0.05, 0.1) is 17.5 Å². The van der Waals surface area contributed by atoms with Gasteiger partial charge in [-0.15, -0.1) is 0 Å². The molecule has 0 radical (unpaired) electrons. The number of anilines is 1. The Labute approximate surface area is 192 Å². The Morgan fingerprint density at radius 1 is 1.21 bits per heavy atom. The van der Waals surface area contributed by atoms with Gasteiger partial charge in [0.1, 0.15) is 12.3 Å². The van der Waals surface area contributed by atoms with E-state index < -0.39 is 21.6 Å². The summed E-state index contributed by atoms with van der Waals surface area (Å²) in [4.78, 5) is 29.0. The summed E-state index contributed by atoms with van der Waals surface area (Å²) in [6.07, 6.45) is 4.02. The Morgan fingerprint density at radius 3 is 2.79 bits per heavy atom. The zero-order valence-corrected chi connectivity index (χ0v) is 19.3. The maximum Gasteiger partial charge on any atom is 0.348 e. The van der Waals surface area contributed by atoms with E-state index >= 15 is 0 Å². The van der Waals surface area contributed by atoms with E-state index in [2.05, 4.69) is 10.3 Å². The van der Waals surface area contributed by atoms with Crippen LogP contribution in [0.2, 0.25) is 0 Å². The zero-order chi connectivity index (χ0) is 23.6. The van der Waals surface area contributed by atoms with Gasteiger partial charge in [-0.1, -0.05) is 12.5 Å². The van der Waals surface area contributed by atoms with Crippen LogP contribution in [0.25, 0.3) is 10.9 Å². The van der Waals surface area contributed by atoms with Crippen molar-refractivity contribution in [1.29, 1.82) is 0 Å². The molecule has 0 bridgehead atoms. The first-order valence-electron chi connectivity index (χ1n) is 10.7. The van der Waals surface area contributed by atoms with Crippen molar-refractivity contribution in [1.82, 2.24) is 13.9 Å². The third-order valence-corrected chi connectivity index (χ3v) is 7.85. The van der Waals surface area contributed by atoms with Crippen molar-refractivity contribution >= 4 is 32.5 Å². The van der Waals surface area contributed by atoms with E-state index in [-0.39, 0.29) is 17.5 Å². The SMILES string of the molecule is COc1cccc(NC(=O)Cn2c(=O)ncc3cc(S(=O)(=O)N4CCCC[C@@H]4C)ccc32)c1. The van der Waals surface area contributed by atoms with E-state index in [0.29, 0.717) is 28.9 Å². The lowest BCUT2D eigenvalue weighted by Crippen LogP contribution is -2.41. The number of carbonyl (C=O) groups excluding carboxylic acids is 1. The molecule has 2 heterocycles. The quantitative estimate of drug-likeness (QED) is 0.593. The molecule has 0 spiro atoms. The molecule has 0 saturated carbocycles. The van der Waals surface area contributed by atoms with Crippen LogP contribution >= 0.6 is 0 Å². The van der Waals surface area contributed by atoms with Crippen LogP contribution in [-0.4, -0.2) is 47.9 Å². The van der Waals surface area contributed by atoms with E-state index in [1.54, 1.807) is 30.3 Å². The van der Waals surface area contributed by atoms with E-state index in [1.165, 1.54) is 34.3 Å². The number of nitrogens with one attached hydrogen (secondary N) is 1. The fourth-order valence-electron chi connectivity index (χ4n) is 4.10. The molecule has 1 aliphatic rings. The van der Waals surface area contributed by atoms with Gasteiger partial charge in [-0.2, -0.15) is 4.31 Å². The summed E-state index contributed by atoms with van der Waals surface area (Å²) in [6, 6.07) is 11.4. The molecule has 1 aliphatic heterocycles. The summed E-state index contributed by atoms with van der Waals surface area (Å²) in [5.74, 6) is 0.173. The normalized spacial score (nSPS) is 17.1. The molecule has 1 N–H and O–H groups in total. The Balaban J connectivity index is 1.62. The number of methoxy groups -OCH3 is 1. The molecule has 1 atom stereocenters. The Bertz CT molecular complexity index is 1350. The maximum atomic E-state index is 13.2. The monoisotopic (exact) mass is 470 g/mol. The number of aromatic nitrogens is 2. The molecule has 9 nitrogen and oxygen atoms in total. The molecule has 3 aromatic rings. The van der Waals surface area contributed by atoms with E-state index in [1.807, 2.05) is 6.92 Å². The highest BCUT2D eigenvalue weighted by Crippen LogP contribution is 2.27. The molecule has 174 valence electrons. The number of nitrogens with zero attached hydrogens (tertiary/aromatic N) is 3. The van der Waals surface area contributed by atoms with Gasteiger partial charge in [-0.3, -0.25) is 9.36 Å². The second-order valence-corrected chi connectivity index (χ2v) is 9.98. The van der Waals surface area contributed by atoms with Crippen LogP contribution in [0.15, 0.2) is 58.4 Å². The van der Waals surface area contributed by atoms with Crippen molar-refractivity contribution in [2.24, 2.45) is 0 Å². The van der Waals surface area contributed by atoms with E-state index in [4.69, 9.17) is 4.74 Å². The van der Waals surface area contributed by atoms with Crippen molar-refractivity contribution < 1.29 is 17.9 Å². The minimum Gasteiger partial charge on any atom is -0.497 e. The van der Waals surface area contributed by atoms with Crippen molar-refractivity contribution in [3.8, 4) is 5.75 Å². The van der Waals surface area contributed by atoms with Crippen molar-refractivity contribution in [2.75, 3.05) is 19.0 Å². The van der Waals surface area contributed by atoms with Gasteiger partial charge in [0.25, 0.3) is 0 Å². The summed E-state index contributed by atoms with van der Waals surface area (Å²) < 4.78 is 34.3. The molecule has 0 aliphatic carbocycles. The highest BCUT2D eigenvalue weighted by molar-refractivity contribution is 7.89. The standard InChI is InChI=1S/C23H26N4O5S/c1-16-6-3-4-11-27(16)33(30,31)20-9-10-21-17(12-20)14-24-23(29)26(21)15-22(28)25-18-7-5-8-19(13-18)32-2/h5,7-10,12-14,16H,3-4,6,11,15H2,1-2H3,(H,25,28)/t16-/m0/s1. The molecular formula is C23H26N4O5S. The summed E-state index contributed by atoms with van der Waals surface area (Å²) in [6.45, 7) is 2.14. The molecule has 33 heavy (non-hydrogen) atoms. The number of benzene rings is 2. The highest BCUT2D eigenvalue weighted by Gasteiger charge is 2.31. The average Bonchev–Trinajstić information content (AvgIpc) is 2.81. The maximum absolute atomic E-state index is 13.2. The smallest absolute Gasteiger partial charge is 0.348 e. The highest BCUT2D eigenvalue weighted by atomic mass is 32.2. The molecule has 10 heteroatoms. The van der Waals surface area contributed by atoms with Gasteiger partial charge in [0.15, 0.2) is 0 Å². The van der Waals surface area contributed by atoms with Crippen LogP contribution in [-0.2, 0) is 21.4 Å². The summed E-state index contributed by atoms with van der Waals surface area (Å²) in [7, 11) is -2.14. The second-order valence-electron chi connectivity index (χ2n) is 8.09. The van der Waals surface area contributed by atoms with Gasteiger partial charge < -0.3 is 10.1 Å². The number of piperidine rings is 1. The predicted molar refractivity (Wildman–Crippen MR) is 125 cm³/mol. The Kier molecular flexibility index (Phi) is 6.48. The number of sulfonamides is 1. The van der Waals surface area contributed by atoms with Crippen molar-refractivity contribution in [3.63, 3.8) is 0 Å². The number of carbonyl (C=O) groups is 1. The summed E-state index contributed by atoms with van der Waals surface area (Å²) >= 11 is 0. The molecule has 1 amide bonds.